The fourth-order valence-corrected chi connectivity index (χ4v) is 3.25. The Morgan fingerprint density at radius 2 is 1.72 bits per heavy atom. The van der Waals surface area contributed by atoms with Crippen LogP contribution in [-0.2, 0) is 19.0 Å². The maximum absolute atomic E-state index is 13.4. The van der Waals surface area contributed by atoms with Gasteiger partial charge in [0.25, 0.3) is 0 Å². The van der Waals surface area contributed by atoms with E-state index in [1.165, 1.54) is 16.8 Å². The number of rotatable bonds is 3. The maximum atomic E-state index is 13.4. The number of hydrogen-bond donors (Lipinski definition) is 1. The molecule has 0 aliphatic carbocycles. The third-order valence-electron chi connectivity index (χ3n) is 4.39. The summed E-state index contributed by atoms with van der Waals surface area (Å²) in [6.07, 6.45) is -3.05. The van der Waals surface area contributed by atoms with Crippen molar-refractivity contribution in [3.8, 4) is 5.69 Å². The molecule has 1 N–H and O–H groups in total. The predicted octanol–water partition coefficient (Wildman–Crippen LogP) is 4.45. The van der Waals surface area contributed by atoms with Gasteiger partial charge in [-0.05, 0) is 24.1 Å². The summed E-state index contributed by atoms with van der Waals surface area (Å²) in [4.78, 5) is 0. The van der Waals surface area contributed by atoms with Crippen LogP contribution in [0.4, 0.5) is 19.0 Å². The Hall–Kier alpha value is -2.76. The number of hydrogen-bond acceptors (Lipinski definition) is 2. The molecule has 0 bridgehead atoms. The second kappa shape index (κ2) is 5.95. The van der Waals surface area contributed by atoms with E-state index in [2.05, 4.69) is 10.4 Å². The second-order valence-corrected chi connectivity index (χ2v) is 6.04. The fraction of sp³-hybridized carbons (Fsp3) is 0.211. The van der Waals surface area contributed by atoms with E-state index in [4.69, 9.17) is 0 Å². The van der Waals surface area contributed by atoms with Gasteiger partial charge >= 0.3 is 6.18 Å². The summed E-state index contributed by atoms with van der Waals surface area (Å²) in [6.45, 7) is 0.711. The molecule has 1 aliphatic rings. The molecule has 0 atom stereocenters. The van der Waals surface area contributed by atoms with Crippen molar-refractivity contribution in [2.24, 2.45) is 0 Å². The molecular formula is C19H16F3N3. The van der Waals surface area contributed by atoms with Gasteiger partial charge in [0, 0.05) is 18.5 Å². The van der Waals surface area contributed by atoms with Crippen LogP contribution in [0.1, 0.15) is 22.4 Å². The average Bonchev–Trinajstić information content (AvgIpc) is 3.19. The van der Waals surface area contributed by atoms with Gasteiger partial charge in [0.1, 0.15) is 5.82 Å². The summed E-state index contributed by atoms with van der Waals surface area (Å²) < 4.78 is 41.5. The smallest absolute Gasteiger partial charge is 0.369 e. The van der Waals surface area contributed by atoms with Crippen molar-refractivity contribution in [2.75, 3.05) is 11.9 Å². The van der Waals surface area contributed by atoms with Crippen molar-refractivity contribution >= 4 is 5.82 Å². The minimum absolute atomic E-state index is 0.0555. The van der Waals surface area contributed by atoms with Crippen molar-refractivity contribution in [1.82, 2.24) is 9.78 Å². The molecule has 2 heterocycles. The number of nitrogens with one attached hydrogen (secondary N) is 1. The third-order valence-corrected chi connectivity index (χ3v) is 4.39. The molecule has 3 nitrogen and oxygen atoms in total. The molecule has 1 aliphatic heterocycles. The predicted molar refractivity (Wildman–Crippen MR) is 90.0 cm³/mol. The molecule has 0 spiro atoms. The van der Waals surface area contributed by atoms with E-state index in [-0.39, 0.29) is 5.69 Å². The summed E-state index contributed by atoms with van der Waals surface area (Å²) in [5, 5.41) is 7.71. The van der Waals surface area contributed by atoms with Crippen LogP contribution in [0.25, 0.3) is 5.69 Å². The van der Waals surface area contributed by atoms with E-state index in [1.54, 1.807) is 6.07 Å². The number of para-hydroxylation sites is 1. The van der Waals surface area contributed by atoms with Crippen LogP contribution in [0.15, 0.2) is 54.6 Å². The Kier molecular flexibility index (Phi) is 3.75. The first kappa shape index (κ1) is 15.7. The highest BCUT2D eigenvalue weighted by atomic mass is 19.4. The first-order valence-corrected chi connectivity index (χ1v) is 8.09. The molecule has 0 amide bonds. The van der Waals surface area contributed by atoms with E-state index < -0.39 is 11.7 Å². The highest BCUT2D eigenvalue weighted by molar-refractivity contribution is 5.59. The highest BCUT2D eigenvalue weighted by Gasteiger charge is 2.35. The summed E-state index contributed by atoms with van der Waals surface area (Å²) in [6, 6.07) is 15.4. The average molecular weight is 343 g/mol. The molecule has 0 fully saturated rings. The van der Waals surface area contributed by atoms with E-state index in [0.717, 1.165) is 29.3 Å². The molecule has 0 saturated carbocycles. The first-order valence-electron chi connectivity index (χ1n) is 8.09. The van der Waals surface area contributed by atoms with Crippen LogP contribution in [0.2, 0.25) is 0 Å². The number of nitrogens with zero attached hydrogens (tertiary/aromatic N) is 2. The molecule has 0 saturated heterocycles. The highest BCUT2D eigenvalue weighted by Crippen LogP contribution is 2.37. The molecule has 0 unspecified atom stereocenters. The van der Waals surface area contributed by atoms with Gasteiger partial charge in [-0.1, -0.05) is 42.5 Å². The molecule has 25 heavy (non-hydrogen) atoms. The van der Waals surface area contributed by atoms with Crippen molar-refractivity contribution in [3.63, 3.8) is 0 Å². The number of fused-ring (bicyclic) bond motifs is 1. The monoisotopic (exact) mass is 343 g/mol. The van der Waals surface area contributed by atoms with Crippen LogP contribution >= 0.6 is 0 Å². The molecule has 3 aromatic rings. The van der Waals surface area contributed by atoms with E-state index >= 15 is 0 Å². The Balaban J connectivity index is 1.82. The largest absolute Gasteiger partial charge is 0.418 e. The Labute approximate surface area is 143 Å². The molecule has 2 aromatic carbocycles. The molecule has 4 rings (SSSR count). The third kappa shape index (κ3) is 2.88. The topological polar surface area (TPSA) is 29.9 Å². The first-order chi connectivity index (χ1) is 12.0. The van der Waals surface area contributed by atoms with E-state index in [1.807, 2.05) is 30.3 Å². The van der Waals surface area contributed by atoms with Crippen LogP contribution in [0.5, 0.6) is 0 Å². The van der Waals surface area contributed by atoms with Crippen molar-refractivity contribution in [3.05, 3.63) is 77.0 Å². The number of anilines is 1. The number of aromatic nitrogens is 2. The lowest BCUT2D eigenvalue weighted by Crippen LogP contribution is -2.13. The minimum Gasteiger partial charge on any atom is -0.369 e. The second-order valence-electron chi connectivity index (χ2n) is 6.04. The van der Waals surface area contributed by atoms with Gasteiger partial charge in [-0.3, -0.25) is 0 Å². The van der Waals surface area contributed by atoms with Crippen LogP contribution in [0.3, 0.4) is 0 Å². The van der Waals surface area contributed by atoms with Crippen molar-refractivity contribution in [1.29, 1.82) is 0 Å². The van der Waals surface area contributed by atoms with Gasteiger partial charge < -0.3 is 5.32 Å². The lowest BCUT2D eigenvalue weighted by atomic mass is 10.1. The van der Waals surface area contributed by atoms with Gasteiger partial charge in [-0.2, -0.15) is 18.3 Å². The van der Waals surface area contributed by atoms with Gasteiger partial charge in [0.05, 0.1) is 16.9 Å². The van der Waals surface area contributed by atoms with E-state index in [9.17, 15) is 13.2 Å². The number of halogens is 3. The zero-order valence-corrected chi connectivity index (χ0v) is 13.3. The lowest BCUT2D eigenvalue weighted by molar-refractivity contribution is -0.137. The quantitative estimate of drug-likeness (QED) is 0.761. The maximum Gasteiger partial charge on any atom is 0.418 e. The van der Waals surface area contributed by atoms with Crippen molar-refractivity contribution < 1.29 is 13.2 Å². The minimum atomic E-state index is -4.42. The number of alkyl halides is 3. The van der Waals surface area contributed by atoms with Crippen molar-refractivity contribution in [2.45, 2.75) is 19.0 Å². The standard InChI is InChI=1S/C19H16F3N3/c20-19(21,22)15-8-4-5-9-17(15)25-18-14(10-11-23-18)16(24-25)12-13-6-2-1-3-7-13/h1-9,23H,10-12H2. The van der Waals surface area contributed by atoms with Crippen LogP contribution in [0, 0.1) is 0 Å². The molecular weight excluding hydrogens is 327 g/mol. The molecule has 1 aromatic heterocycles. The fourth-order valence-electron chi connectivity index (χ4n) is 3.25. The summed E-state index contributed by atoms with van der Waals surface area (Å²) in [5.41, 5.74) is 2.29. The Morgan fingerprint density at radius 3 is 2.48 bits per heavy atom. The van der Waals surface area contributed by atoms with Crippen LogP contribution < -0.4 is 5.32 Å². The lowest BCUT2D eigenvalue weighted by Gasteiger charge is -2.14. The summed E-state index contributed by atoms with van der Waals surface area (Å²) in [5.74, 6) is 0.669. The Bertz CT molecular complexity index is 898. The molecule has 128 valence electrons. The summed E-state index contributed by atoms with van der Waals surface area (Å²) >= 11 is 0. The van der Waals surface area contributed by atoms with Crippen LogP contribution in [-0.4, -0.2) is 16.3 Å². The van der Waals surface area contributed by atoms with Gasteiger partial charge in [-0.15, -0.1) is 0 Å². The van der Waals surface area contributed by atoms with E-state index in [0.29, 0.717) is 18.8 Å². The van der Waals surface area contributed by atoms with Gasteiger partial charge in [0.2, 0.25) is 0 Å². The zero-order chi connectivity index (χ0) is 17.4. The SMILES string of the molecule is FC(F)(F)c1ccccc1-n1nc(Cc2ccccc2)c2c1NCC2. The Morgan fingerprint density at radius 1 is 1.00 bits per heavy atom. The van der Waals surface area contributed by atoms with Gasteiger partial charge in [0.15, 0.2) is 0 Å². The molecule has 0 radical (unpaired) electrons. The van der Waals surface area contributed by atoms with Gasteiger partial charge in [-0.25, -0.2) is 4.68 Å². The number of benzene rings is 2. The zero-order valence-electron chi connectivity index (χ0n) is 13.3. The normalized spacial score (nSPS) is 13.6. The summed E-state index contributed by atoms with van der Waals surface area (Å²) in [7, 11) is 0. The molecule has 6 heteroatoms.